The van der Waals surface area contributed by atoms with Crippen molar-refractivity contribution >= 4 is 25.8 Å². The minimum absolute atomic E-state index is 0.0949. The Morgan fingerprint density at radius 3 is 2.75 bits per heavy atom. The number of fused-ring (bicyclic) bond motifs is 1. The van der Waals surface area contributed by atoms with Crippen LogP contribution >= 0.6 is 15.9 Å². The molecular formula is C11H14BrNO2S. The molecule has 1 aromatic carbocycles. The number of halogens is 1. The van der Waals surface area contributed by atoms with E-state index in [1.54, 1.807) is 19.1 Å². The van der Waals surface area contributed by atoms with Crippen molar-refractivity contribution in [2.24, 2.45) is 0 Å². The highest BCUT2D eigenvalue weighted by atomic mass is 79.9. The predicted molar refractivity (Wildman–Crippen MR) is 67.2 cm³/mol. The van der Waals surface area contributed by atoms with Gasteiger partial charge in [-0.1, -0.05) is 22.9 Å². The fraction of sp³-hybridized carbons (Fsp3) is 0.455. The standard InChI is InChI=1S/C11H14BrNO2S/c1-3-13-11-7(2)16(14,15)10-5-4-8(12)6-9(10)11/h4-7,11,13H,3H2,1-2H3. The van der Waals surface area contributed by atoms with Gasteiger partial charge in [-0.2, -0.15) is 0 Å². The highest BCUT2D eigenvalue weighted by Crippen LogP contribution is 2.39. The smallest absolute Gasteiger partial charge is 0.183 e. The number of benzene rings is 1. The van der Waals surface area contributed by atoms with E-state index in [4.69, 9.17) is 0 Å². The molecule has 1 aliphatic rings. The van der Waals surface area contributed by atoms with Crippen LogP contribution in [-0.2, 0) is 9.84 Å². The van der Waals surface area contributed by atoms with Gasteiger partial charge in [0.15, 0.2) is 9.84 Å². The molecule has 0 amide bonds. The van der Waals surface area contributed by atoms with Crippen LogP contribution in [0.25, 0.3) is 0 Å². The normalized spacial score (nSPS) is 26.7. The second-order valence-electron chi connectivity index (χ2n) is 3.97. The first-order valence-corrected chi connectivity index (χ1v) is 7.59. The minimum Gasteiger partial charge on any atom is -0.309 e. The zero-order valence-corrected chi connectivity index (χ0v) is 11.6. The number of rotatable bonds is 2. The van der Waals surface area contributed by atoms with Crippen LogP contribution in [0.5, 0.6) is 0 Å². The first-order valence-electron chi connectivity index (χ1n) is 5.25. The van der Waals surface area contributed by atoms with E-state index >= 15 is 0 Å². The molecule has 1 N–H and O–H groups in total. The van der Waals surface area contributed by atoms with E-state index in [0.29, 0.717) is 4.90 Å². The van der Waals surface area contributed by atoms with E-state index in [1.807, 2.05) is 13.0 Å². The Morgan fingerprint density at radius 2 is 2.12 bits per heavy atom. The van der Waals surface area contributed by atoms with Crippen LogP contribution in [0.3, 0.4) is 0 Å². The number of hydrogen-bond donors (Lipinski definition) is 1. The van der Waals surface area contributed by atoms with E-state index in [2.05, 4.69) is 21.2 Å². The molecule has 2 unspecified atom stereocenters. The second-order valence-corrected chi connectivity index (χ2v) is 7.16. The van der Waals surface area contributed by atoms with Crippen LogP contribution in [0.4, 0.5) is 0 Å². The SMILES string of the molecule is CCNC1c2cc(Br)ccc2S(=O)(=O)C1C. The molecule has 2 rings (SSSR count). The Labute approximate surface area is 104 Å². The average Bonchev–Trinajstić information content (AvgIpc) is 2.40. The van der Waals surface area contributed by atoms with E-state index in [1.165, 1.54) is 0 Å². The van der Waals surface area contributed by atoms with Gasteiger partial charge in [0.1, 0.15) is 0 Å². The lowest BCUT2D eigenvalue weighted by atomic mass is 10.1. The van der Waals surface area contributed by atoms with Crippen LogP contribution in [0.1, 0.15) is 25.5 Å². The van der Waals surface area contributed by atoms with Gasteiger partial charge in [-0.15, -0.1) is 0 Å². The molecule has 0 spiro atoms. The number of sulfone groups is 1. The van der Waals surface area contributed by atoms with Gasteiger partial charge < -0.3 is 5.32 Å². The molecule has 0 saturated heterocycles. The van der Waals surface area contributed by atoms with E-state index in [9.17, 15) is 8.42 Å². The molecule has 0 radical (unpaired) electrons. The van der Waals surface area contributed by atoms with Crippen LogP contribution in [-0.4, -0.2) is 20.2 Å². The summed E-state index contributed by atoms with van der Waals surface area (Å²) in [5, 5.41) is 2.84. The molecule has 16 heavy (non-hydrogen) atoms. The van der Waals surface area contributed by atoms with Crippen molar-refractivity contribution in [3.63, 3.8) is 0 Å². The Balaban J connectivity index is 2.61. The molecule has 3 nitrogen and oxygen atoms in total. The van der Waals surface area contributed by atoms with E-state index in [-0.39, 0.29) is 6.04 Å². The van der Waals surface area contributed by atoms with Crippen molar-refractivity contribution in [1.82, 2.24) is 5.32 Å². The number of hydrogen-bond acceptors (Lipinski definition) is 3. The minimum atomic E-state index is -3.16. The lowest BCUT2D eigenvalue weighted by Crippen LogP contribution is -2.29. The summed E-state index contributed by atoms with van der Waals surface area (Å²) in [7, 11) is -3.16. The molecule has 0 aliphatic carbocycles. The van der Waals surface area contributed by atoms with Gasteiger partial charge in [0.05, 0.1) is 16.2 Å². The van der Waals surface area contributed by atoms with Crippen molar-refractivity contribution in [3.8, 4) is 0 Å². The van der Waals surface area contributed by atoms with Gasteiger partial charge in [-0.05, 0) is 37.2 Å². The molecule has 88 valence electrons. The summed E-state index contributed by atoms with van der Waals surface area (Å²) in [6.45, 7) is 4.50. The Hall–Kier alpha value is -0.390. The molecule has 1 heterocycles. The third-order valence-electron chi connectivity index (χ3n) is 3.00. The van der Waals surface area contributed by atoms with Crippen LogP contribution < -0.4 is 5.32 Å². The predicted octanol–water partition coefficient (Wildman–Crippen LogP) is 2.28. The first-order chi connectivity index (χ1) is 7.48. The van der Waals surface area contributed by atoms with Gasteiger partial charge in [0, 0.05) is 4.47 Å². The average molecular weight is 304 g/mol. The largest absolute Gasteiger partial charge is 0.309 e. The molecule has 0 fully saturated rings. The van der Waals surface area contributed by atoms with Crippen molar-refractivity contribution in [2.45, 2.75) is 30.0 Å². The zero-order chi connectivity index (χ0) is 11.9. The van der Waals surface area contributed by atoms with Gasteiger partial charge >= 0.3 is 0 Å². The van der Waals surface area contributed by atoms with Crippen LogP contribution in [0, 0.1) is 0 Å². The highest BCUT2D eigenvalue weighted by molar-refractivity contribution is 9.10. The van der Waals surface area contributed by atoms with Gasteiger partial charge in [-0.3, -0.25) is 0 Å². The van der Waals surface area contributed by atoms with Crippen LogP contribution in [0.15, 0.2) is 27.6 Å². The monoisotopic (exact) mass is 303 g/mol. The summed E-state index contributed by atoms with van der Waals surface area (Å²) in [4.78, 5) is 0.467. The van der Waals surface area contributed by atoms with Crippen molar-refractivity contribution in [1.29, 1.82) is 0 Å². The Kier molecular flexibility index (Phi) is 3.11. The second kappa shape index (κ2) is 4.13. The molecule has 0 aromatic heterocycles. The van der Waals surface area contributed by atoms with Crippen molar-refractivity contribution in [2.75, 3.05) is 6.54 Å². The summed E-state index contributed by atoms with van der Waals surface area (Å²) in [6, 6.07) is 5.26. The molecule has 0 bridgehead atoms. The molecule has 1 aromatic rings. The van der Waals surface area contributed by atoms with Crippen molar-refractivity contribution < 1.29 is 8.42 Å². The molecule has 0 saturated carbocycles. The molecular weight excluding hydrogens is 290 g/mol. The fourth-order valence-electron chi connectivity index (χ4n) is 2.15. The third kappa shape index (κ3) is 1.71. The lowest BCUT2D eigenvalue weighted by molar-refractivity contribution is 0.529. The molecule has 1 aliphatic heterocycles. The topological polar surface area (TPSA) is 46.2 Å². The Morgan fingerprint density at radius 1 is 1.44 bits per heavy atom. The first kappa shape index (κ1) is 12.1. The van der Waals surface area contributed by atoms with Gasteiger partial charge in [0.2, 0.25) is 0 Å². The van der Waals surface area contributed by atoms with Gasteiger partial charge in [0.25, 0.3) is 0 Å². The maximum absolute atomic E-state index is 12.1. The van der Waals surface area contributed by atoms with Crippen LogP contribution in [0.2, 0.25) is 0 Å². The Bertz CT molecular complexity index is 513. The quantitative estimate of drug-likeness (QED) is 0.912. The summed E-state index contributed by atoms with van der Waals surface area (Å²) in [5.74, 6) is 0. The van der Waals surface area contributed by atoms with E-state index < -0.39 is 15.1 Å². The van der Waals surface area contributed by atoms with E-state index in [0.717, 1.165) is 16.6 Å². The molecule has 5 heteroatoms. The lowest BCUT2D eigenvalue weighted by Gasteiger charge is -2.15. The summed E-state index contributed by atoms with van der Waals surface area (Å²) in [5.41, 5.74) is 0.878. The maximum atomic E-state index is 12.1. The summed E-state index contributed by atoms with van der Waals surface area (Å²) in [6.07, 6.45) is 0. The molecule has 2 atom stereocenters. The number of nitrogens with one attached hydrogen (secondary N) is 1. The zero-order valence-electron chi connectivity index (χ0n) is 9.20. The van der Waals surface area contributed by atoms with Crippen molar-refractivity contribution in [3.05, 3.63) is 28.2 Å². The maximum Gasteiger partial charge on any atom is 0.183 e. The third-order valence-corrected chi connectivity index (χ3v) is 5.73. The highest BCUT2D eigenvalue weighted by Gasteiger charge is 2.41. The fourth-order valence-corrected chi connectivity index (χ4v) is 4.30. The van der Waals surface area contributed by atoms with Gasteiger partial charge in [-0.25, -0.2) is 8.42 Å². The summed E-state index contributed by atoms with van der Waals surface area (Å²) < 4.78 is 25.2. The summed E-state index contributed by atoms with van der Waals surface area (Å²) >= 11 is 3.38.